The Labute approximate surface area is 131 Å². The molecule has 108 valence electrons. The average molecular weight is 304 g/mol. The van der Waals surface area contributed by atoms with E-state index in [0.717, 1.165) is 16.2 Å². The predicted molar refractivity (Wildman–Crippen MR) is 93.6 cm³/mol. The highest BCUT2D eigenvalue weighted by molar-refractivity contribution is 7.78. The van der Waals surface area contributed by atoms with Crippen LogP contribution in [0.2, 0.25) is 0 Å². The molecule has 1 aliphatic heterocycles. The zero-order chi connectivity index (χ0) is 15.2. The van der Waals surface area contributed by atoms with E-state index < -0.39 is 7.14 Å². The summed E-state index contributed by atoms with van der Waals surface area (Å²) in [5.74, 6) is 0. The molecular weight excluding hydrogens is 287 g/mol. The third-order valence-corrected chi connectivity index (χ3v) is 7.57. The molecule has 22 heavy (non-hydrogen) atoms. The van der Waals surface area contributed by atoms with E-state index in [-0.39, 0.29) is 0 Å². The zero-order valence-corrected chi connectivity index (χ0v) is 13.4. The SMILES string of the molecule is Cc1cccc2c1-c1ccccc1P(=O)(c1ccccc1)C2. The minimum atomic E-state index is -2.61. The van der Waals surface area contributed by atoms with Gasteiger partial charge in [-0.25, -0.2) is 0 Å². The van der Waals surface area contributed by atoms with Crippen LogP contribution in [0, 0.1) is 6.92 Å². The lowest BCUT2D eigenvalue weighted by molar-refractivity contribution is 0.586. The topological polar surface area (TPSA) is 17.1 Å². The third-order valence-electron chi connectivity index (χ3n) is 4.49. The molecule has 1 aliphatic rings. The van der Waals surface area contributed by atoms with Crippen molar-refractivity contribution >= 4 is 17.8 Å². The van der Waals surface area contributed by atoms with E-state index in [9.17, 15) is 4.57 Å². The van der Waals surface area contributed by atoms with Crippen LogP contribution in [0.25, 0.3) is 11.1 Å². The summed E-state index contributed by atoms with van der Waals surface area (Å²) in [7, 11) is -2.61. The normalized spacial score (nSPS) is 19.3. The van der Waals surface area contributed by atoms with Crippen molar-refractivity contribution in [3.63, 3.8) is 0 Å². The second-order valence-electron chi connectivity index (χ2n) is 5.86. The maximum atomic E-state index is 13.9. The molecule has 3 aromatic carbocycles. The van der Waals surface area contributed by atoms with Crippen molar-refractivity contribution in [3.05, 3.63) is 83.9 Å². The van der Waals surface area contributed by atoms with Crippen molar-refractivity contribution < 1.29 is 4.57 Å². The van der Waals surface area contributed by atoms with Gasteiger partial charge >= 0.3 is 0 Å². The molecule has 2 heteroatoms. The molecule has 0 saturated carbocycles. The van der Waals surface area contributed by atoms with E-state index in [1.165, 1.54) is 16.7 Å². The van der Waals surface area contributed by atoms with Gasteiger partial charge in [0.05, 0.1) is 0 Å². The number of rotatable bonds is 1. The van der Waals surface area contributed by atoms with Gasteiger partial charge < -0.3 is 4.57 Å². The number of hydrogen-bond donors (Lipinski definition) is 0. The Kier molecular flexibility index (Phi) is 3.06. The van der Waals surface area contributed by atoms with Gasteiger partial charge in [0.15, 0.2) is 0 Å². The molecule has 1 heterocycles. The van der Waals surface area contributed by atoms with Gasteiger partial charge in [0, 0.05) is 16.8 Å². The second kappa shape index (κ2) is 4.97. The lowest BCUT2D eigenvalue weighted by atomic mass is 9.95. The number of aryl methyl sites for hydroxylation is 1. The van der Waals surface area contributed by atoms with E-state index in [2.05, 4.69) is 31.2 Å². The van der Waals surface area contributed by atoms with Crippen LogP contribution in [-0.4, -0.2) is 0 Å². The van der Waals surface area contributed by atoms with Gasteiger partial charge in [-0.3, -0.25) is 0 Å². The predicted octanol–water partition coefficient (Wildman–Crippen LogP) is 4.49. The monoisotopic (exact) mass is 304 g/mol. The first-order valence-corrected chi connectivity index (χ1v) is 9.42. The summed E-state index contributed by atoms with van der Waals surface area (Å²) in [5, 5.41) is 1.96. The highest BCUT2D eigenvalue weighted by Gasteiger charge is 2.35. The van der Waals surface area contributed by atoms with Crippen molar-refractivity contribution in [2.45, 2.75) is 13.1 Å². The van der Waals surface area contributed by atoms with E-state index in [0.29, 0.717) is 6.16 Å². The van der Waals surface area contributed by atoms with Gasteiger partial charge in [-0.1, -0.05) is 72.8 Å². The van der Waals surface area contributed by atoms with Crippen molar-refractivity contribution in [3.8, 4) is 11.1 Å². The summed E-state index contributed by atoms with van der Waals surface area (Å²) < 4.78 is 13.9. The molecule has 3 aromatic rings. The number of hydrogen-bond acceptors (Lipinski definition) is 1. The maximum absolute atomic E-state index is 13.9. The quantitative estimate of drug-likeness (QED) is 0.605. The Hall–Kier alpha value is -2.11. The fourth-order valence-electron chi connectivity index (χ4n) is 3.47. The molecule has 1 atom stereocenters. The van der Waals surface area contributed by atoms with Gasteiger partial charge in [0.2, 0.25) is 0 Å². The number of fused-ring (bicyclic) bond motifs is 3. The molecule has 0 spiro atoms. The van der Waals surface area contributed by atoms with Crippen molar-refractivity contribution in [1.29, 1.82) is 0 Å². The van der Waals surface area contributed by atoms with Crippen LogP contribution in [0.1, 0.15) is 11.1 Å². The van der Waals surface area contributed by atoms with Crippen LogP contribution in [0.3, 0.4) is 0 Å². The summed E-state index contributed by atoms with van der Waals surface area (Å²) in [6.07, 6.45) is 0.616. The standard InChI is InChI=1S/C20H17OP/c1-15-8-7-9-16-14-22(21,17-10-3-2-4-11-17)19-13-6-5-12-18(19)20(15)16/h2-13H,14H2,1H3. The molecule has 0 bridgehead atoms. The van der Waals surface area contributed by atoms with Crippen molar-refractivity contribution in [2.75, 3.05) is 0 Å². The Balaban J connectivity index is 2.05. The minimum absolute atomic E-state index is 0.616. The highest BCUT2D eigenvalue weighted by Crippen LogP contribution is 2.54. The molecule has 1 unspecified atom stereocenters. The Bertz CT molecular complexity index is 897. The fraction of sp³-hybridized carbons (Fsp3) is 0.100. The molecular formula is C20H17OP. The first-order chi connectivity index (χ1) is 10.7. The van der Waals surface area contributed by atoms with Crippen LogP contribution in [0.4, 0.5) is 0 Å². The summed E-state index contributed by atoms with van der Waals surface area (Å²) in [4.78, 5) is 0. The summed E-state index contributed by atoms with van der Waals surface area (Å²) in [6, 6.07) is 24.4. The molecule has 0 N–H and O–H groups in total. The molecule has 0 aromatic heterocycles. The van der Waals surface area contributed by atoms with E-state index in [1.807, 2.05) is 48.5 Å². The minimum Gasteiger partial charge on any atom is -0.313 e. The maximum Gasteiger partial charge on any atom is 0.148 e. The summed E-state index contributed by atoms with van der Waals surface area (Å²) in [6.45, 7) is 2.13. The Morgan fingerprint density at radius 3 is 2.36 bits per heavy atom. The molecule has 1 nitrogen and oxygen atoms in total. The van der Waals surface area contributed by atoms with Crippen LogP contribution in [0.15, 0.2) is 72.8 Å². The average Bonchev–Trinajstić information content (AvgIpc) is 2.56. The second-order valence-corrected chi connectivity index (χ2v) is 8.65. The molecule has 0 aliphatic carbocycles. The van der Waals surface area contributed by atoms with E-state index in [4.69, 9.17) is 0 Å². The van der Waals surface area contributed by atoms with Gasteiger partial charge in [-0.15, -0.1) is 0 Å². The lowest BCUT2D eigenvalue weighted by Crippen LogP contribution is -2.23. The van der Waals surface area contributed by atoms with Crippen molar-refractivity contribution in [2.24, 2.45) is 0 Å². The smallest absolute Gasteiger partial charge is 0.148 e. The molecule has 0 saturated heterocycles. The van der Waals surface area contributed by atoms with Crippen LogP contribution in [-0.2, 0) is 10.7 Å². The Morgan fingerprint density at radius 2 is 1.55 bits per heavy atom. The molecule has 0 fully saturated rings. The third kappa shape index (κ3) is 1.90. The molecule has 0 amide bonds. The molecule has 4 rings (SSSR count). The van der Waals surface area contributed by atoms with E-state index in [1.54, 1.807) is 0 Å². The fourth-order valence-corrected chi connectivity index (χ4v) is 6.40. The van der Waals surface area contributed by atoms with Crippen molar-refractivity contribution in [1.82, 2.24) is 0 Å². The largest absolute Gasteiger partial charge is 0.313 e. The Morgan fingerprint density at radius 1 is 0.818 bits per heavy atom. The van der Waals surface area contributed by atoms with Crippen LogP contribution < -0.4 is 10.6 Å². The van der Waals surface area contributed by atoms with Crippen LogP contribution in [0.5, 0.6) is 0 Å². The summed E-state index contributed by atoms with van der Waals surface area (Å²) >= 11 is 0. The summed E-state index contributed by atoms with van der Waals surface area (Å²) in [5.41, 5.74) is 4.85. The van der Waals surface area contributed by atoms with Gasteiger partial charge in [0.1, 0.15) is 7.14 Å². The first kappa shape index (κ1) is 13.5. The first-order valence-electron chi connectivity index (χ1n) is 7.53. The molecule has 0 radical (unpaired) electrons. The highest BCUT2D eigenvalue weighted by atomic mass is 31.2. The lowest BCUT2D eigenvalue weighted by Gasteiger charge is -2.29. The van der Waals surface area contributed by atoms with Crippen LogP contribution >= 0.6 is 7.14 Å². The van der Waals surface area contributed by atoms with Gasteiger partial charge in [-0.05, 0) is 29.2 Å². The zero-order valence-electron chi connectivity index (χ0n) is 12.5. The number of benzene rings is 3. The van der Waals surface area contributed by atoms with Gasteiger partial charge in [-0.2, -0.15) is 0 Å². The van der Waals surface area contributed by atoms with E-state index >= 15 is 0 Å². The van der Waals surface area contributed by atoms with Gasteiger partial charge in [0.25, 0.3) is 0 Å².